The number of benzene rings is 1. The van der Waals surface area contributed by atoms with Crippen LogP contribution in [0.2, 0.25) is 0 Å². The summed E-state index contributed by atoms with van der Waals surface area (Å²) in [7, 11) is 0. The molecule has 1 aliphatic carbocycles. The third-order valence-corrected chi connectivity index (χ3v) is 4.31. The van der Waals surface area contributed by atoms with Crippen molar-refractivity contribution in [3.63, 3.8) is 0 Å². The topological polar surface area (TPSA) is 51.2 Å². The molecule has 3 rings (SSSR count). The van der Waals surface area contributed by atoms with Crippen LogP contribution in [0.25, 0.3) is 10.2 Å². The average molecular weight is 276 g/mol. The summed E-state index contributed by atoms with van der Waals surface area (Å²) in [5, 5.41) is 3.59. The smallest absolute Gasteiger partial charge is 0.229 e. The number of aromatic nitrogens is 1. The quantitative estimate of drug-likeness (QED) is 0.930. The Morgan fingerprint density at radius 1 is 1.53 bits per heavy atom. The van der Waals surface area contributed by atoms with Crippen LogP contribution in [-0.2, 0) is 4.79 Å². The number of carbonyl (C=O) groups excluding carboxylic acids is 1. The minimum Gasteiger partial charge on any atom is -0.494 e. The van der Waals surface area contributed by atoms with E-state index in [1.807, 2.05) is 25.1 Å². The van der Waals surface area contributed by atoms with Crippen LogP contribution in [-0.4, -0.2) is 17.5 Å². The minimum atomic E-state index is 0.107. The molecule has 0 radical (unpaired) electrons. The van der Waals surface area contributed by atoms with Crippen LogP contribution in [0, 0.1) is 5.92 Å². The number of rotatable bonds is 4. The molecule has 0 unspecified atom stereocenters. The van der Waals surface area contributed by atoms with Crippen LogP contribution in [0.1, 0.15) is 26.2 Å². The number of carbonyl (C=O) groups is 1. The van der Waals surface area contributed by atoms with E-state index in [0.717, 1.165) is 35.2 Å². The molecule has 0 saturated heterocycles. The Labute approximate surface area is 115 Å². The van der Waals surface area contributed by atoms with E-state index >= 15 is 0 Å². The summed E-state index contributed by atoms with van der Waals surface area (Å²) in [5.41, 5.74) is 0.900. The van der Waals surface area contributed by atoms with Crippen LogP contribution in [0.3, 0.4) is 0 Å². The summed E-state index contributed by atoms with van der Waals surface area (Å²) >= 11 is 1.49. The zero-order valence-corrected chi connectivity index (χ0v) is 11.6. The molecule has 1 aromatic heterocycles. The molecule has 0 spiro atoms. The molecule has 5 heteroatoms. The lowest BCUT2D eigenvalue weighted by molar-refractivity contribution is -0.122. The molecular weight excluding hydrogens is 260 g/mol. The van der Waals surface area contributed by atoms with Gasteiger partial charge in [0.15, 0.2) is 5.13 Å². The summed E-state index contributed by atoms with van der Waals surface area (Å²) in [6.07, 6.45) is 3.17. The Bertz CT molecular complexity index is 605. The van der Waals surface area contributed by atoms with Gasteiger partial charge in [-0.3, -0.25) is 4.79 Å². The van der Waals surface area contributed by atoms with Gasteiger partial charge in [-0.25, -0.2) is 4.98 Å². The zero-order valence-electron chi connectivity index (χ0n) is 10.8. The first-order valence-electron chi connectivity index (χ1n) is 6.60. The van der Waals surface area contributed by atoms with Gasteiger partial charge in [-0.15, -0.1) is 0 Å². The van der Waals surface area contributed by atoms with Crippen LogP contribution in [0.15, 0.2) is 18.2 Å². The van der Waals surface area contributed by atoms with Gasteiger partial charge in [0.05, 0.1) is 16.8 Å². The highest BCUT2D eigenvalue weighted by atomic mass is 32.1. The van der Waals surface area contributed by atoms with E-state index in [1.54, 1.807) is 0 Å². The van der Waals surface area contributed by atoms with Gasteiger partial charge in [0, 0.05) is 5.92 Å². The fraction of sp³-hybridized carbons (Fsp3) is 0.429. The minimum absolute atomic E-state index is 0.107. The van der Waals surface area contributed by atoms with Gasteiger partial charge in [-0.05, 0) is 38.0 Å². The number of nitrogens with zero attached hydrogens (tertiary/aromatic N) is 1. The SMILES string of the molecule is CCOc1ccc2nc(NC(=O)C3CCC3)sc2c1. The molecular formula is C14H16N2O2S. The van der Waals surface area contributed by atoms with Crippen molar-refractivity contribution < 1.29 is 9.53 Å². The predicted octanol–water partition coefficient (Wildman–Crippen LogP) is 3.43. The van der Waals surface area contributed by atoms with Crippen molar-refractivity contribution in [1.29, 1.82) is 0 Å². The molecule has 19 heavy (non-hydrogen) atoms. The van der Waals surface area contributed by atoms with Crippen molar-refractivity contribution in [1.82, 2.24) is 4.98 Å². The molecule has 100 valence electrons. The number of amides is 1. The standard InChI is InChI=1S/C14H16N2O2S/c1-2-18-10-6-7-11-12(8-10)19-14(15-11)16-13(17)9-4-3-5-9/h6-9H,2-5H2,1H3,(H,15,16,17). The normalized spacial score (nSPS) is 15.2. The molecule has 1 aromatic carbocycles. The molecule has 1 N–H and O–H groups in total. The fourth-order valence-electron chi connectivity index (χ4n) is 2.09. The van der Waals surface area contributed by atoms with E-state index < -0.39 is 0 Å². The van der Waals surface area contributed by atoms with Crippen molar-refractivity contribution in [3.8, 4) is 5.75 Å². The van der Waals surface area contributed by atoms with Crippen molar-refractivity contribution >= 4 is 32.6 Å². The van der Waals surface area contributed by atoms with Crippen molar-refractivity contribution in [2.24, 2.45) is 5.92 Å². The number of anilines is 1. The average Bonchev–Trinajstić information content (AvgIpc) is 2.68. The largest absolute Gasteiger partial charge is 0.494 e. The van der Waals surface area contributed by atoms with Gasteiger partial charge in [0.2, 0.25) is 5.91 Å². The molecule has 1 fully saturated rings. The van der Waals surface area contributed by atoms with E-state index in [4.69, 9.17) is 4.74 Å². The third-order valence-electron chi connectivity index (χ3n) is 3.38. The van der Waals surface area contributed by atoms with E-state index in [2.05, 4.69) is 10.3 Å². The van der Waals surface area contributed by atoms with E-state index in [9.17, 15) is 4.79 Å². The predicted molar refractivity (Wildman–Crippen MR) is 76.8 cm³/mol. The Morgan fingerprint density at radius 3 is 3.05 bits per heavy atom. The van der Waals surface area contributed by atoms with Crippen LogP contribution in [0.4, 0.5) is 5.13 Å². The number of thiazole rings is 1. The van der Waals surface area contributed by atoms with Crippen LogP contribution >= 0.6 is 11.3 Å². The Morgan fingerprint density at radius 2 is 2.37 bits per heavy atom. The highest BCUT2D eigenvalue weighted by Gasteiger charge is 2.25. The lowest BCUT2D eigenvalue weighted by Gasteiger charge is -2.23. The maximum atomic E-state index is 11.9. The summed E-state index contributed by atoms with van der Waals surface area (Å²) in [5.74, 6) is 1.14. The fourth-order valence-corrected chi connectivity index (χ4v) is 2.99. The molecule has 1 heterocycles. The Hall–Kier alpha value is -1.62. The van der Waals surface area contributed by atoms with Crippen molar-refractivity contribution in [2.75, 3.05) is 11.9 Å². The van der Waals surface area contributed by atoms with E-state index in [-0.39, 0.29) is 11.8 Å². The molecule has 1 amide bonds. The molecule has 2 aromatic rings. The summed E-state index contributed by atoms with van der Waals surface area (Å²) in [4.78, 5) is 16.3. The van der Waals surface area contributed by atoms with Gasteiger partial charge in [0.25, 0.3) is 0 Å². The molecule has 1 aliphatic rings. The second-order valence-electron chi connectivity index (χ2n) is 4.70. The van der Waals surface area contributed by atoms with E-state index in [0.29, 0.717) is 11.7 Å². The molecule has 0 aliphatic heterocycles. The first-order chi connectivity index (χ1) is 9.26. The highest BCUT2D eigenvalue weighted by Crippen LogP contribution is 2.31. The number of ether oxygens (including phenoxy) is 1. The monoisotopic (exact) mass is 276 g/mol. The highest BCUT2D eigenvalue weighted by molar-refractivity contribution is 7.22. The van der Waals surface area contributed by atoms with Crippen LogP contribution < -0.4 is 10.1 Å². The summed E-state index contributed by atoms with van der Waals surface area (Å²) < 4.78 is 6.50. The zero-order chi connectivity index (χ0) is 13.2. The number of hydrogen-bond acceptors (Lipinski definition) is 4. The second-order valence-corrected chi connectivity index (χ2v) is 5.73. The van der Waals surface area contributed by atoms with E-state index in [1.165, 1.54) is 11.3 Å². The maximum Gasteiger partial charge on any atom is 0.229 e. The molecule has 0 bridgehead atoms. The lowest BCUT2D eigenvalue weighted by atomic mass is 9.85. The van der Waals surface area contributed by atoms with Gasteiger partial charge < -0.3 is 10.1 Å². The second kappa shape index (κ2) is 5.17. The Kier molecular flexibility index (Phi) is 3.38. The number of hydrogen-bond donors (Lipinski definition) is 1. The summed E-state index contributed by atoms with van der Waals surface area (Å²) in [6, 6.07) is 5.80. The van der Waals surface area contributed by atoms with Gasteiger partial charge in [-0.1, -0.05) is 17.8 Å². The molecule has 1 saturated carbocycles. The van der Waals surface area contributed by atoms with Gasteiger partial charge in [-0.2, -0.15) is 0 Å². The first kappa shape index (κ1) is 12.4. The lowest BCUT2D eigenvalue weighted by Crippen LogP contribution is -2.27. The first-order valence-corrected chi connectivity index (χ1v) is 7.42. The summed E-state index contributed by atoms with van der Waals surface area (Å²) in [6.45, 7) is 2.61. The maximum absolute atomic E-state index is 11.9. The molecule has 4 nitrogen and oxygen atoms in total. The molecule has 0 atom stereocenters. The van der Waals surface area contributed by atoms with Crippen molar-refractivity contribution in [2.45, 2.75) is 26.2 Å². The van der Waals surface area contributed by atoms with Gasteiger partial charge >= 0.3 is 0 Å². The van der Waals surface area contributed by atoms with Gasteiger partial charge in [0.1, 0.15) is 5.75 Å². The number of nitrogens with one attached hydrogen (secondary N) is 1. The van der Waals surface area contributed by atoms with Crippen LogP contribution in [0.5, 0.6) is 5.75 Å². The van der Waals surface area contributed by atoms with Crippen molar-refractivity contribution in [3.05, 3.63) is 18.2 Å². The Balaban J connectivity index is 1.78. The third kappa shape index (κ3) is 2.56. The number of fused-ring (bicyclic) bond motifs is 1.